The predicted molar refractivity (Wildman–Crippen MR) is 54.3 cm³/mol. The molecule has 0 aromatic heterocycles. The molecule has 0 aliphatic rings. The van der Waals surface area contributed by atoms with E-state index in [0.717, 1.165) is 0 Å². The molecule has 0 unspecified atom stereocenters. The first-order chi connectivity index (χ1) is 5.40. The van der Waals surface area contributed by atoms with Crippen LogP contribution in [0.1, 0.15) is 0 Å². The number of ether oxygens (including phenoxy) is 1. The fourth-order valence-electron chi connectivity index (χ4n) is 0.254. The summed E-state index contributed by atoms with van der Waals surface area (Å²) in [6.07, 6.45) is 0. The Morgan fingerprint density at radius 3 is 2.33 bits per heavy atom. The zero-order valence-electron chi connectivity index (χ0n) is 5.40. The second kappa shape index (κ2) is 5.89. The predicted octanol–water partition coefficient (Wildman–Crippen LogP) is 3.35. The van der Waals surface area contributed by atoms with Crippen molar-refractivity contribution in [2.24, 2.45) is 0 Å². The fourth-order valence-corrected chi connectivity index (χ4v) is 0.800. The van der Waals surface area contributed by atoms with E-state index in [-0.39, 0.29) is 6.61 Å². The highest BCUT2D eigenvalue weighted by molar-refractivity contribution is 8.24. The van der Waals surface area contributed by atoms with E-state index in [1.807, 2.05) is 0 Å². The summed E-state index contributed by atoms with van der Waals surface area (Å²) in [5, 5.41) is 0. The molecular formula is C4H3Cl5O2S. The van der Waals surface area contributed by atoms with Crippen molar-refractivity contribution >= 4 is 74.0 Å². The fraction of sp³-hybridized carbons (Fsp3) is 0.750. The van der Waals surface area contributed by atoms with Crippen molar-refractivity contribution < 1.29 is 9.53 Å². The molecule has 0 bridgehead atoms. The van der Waals surface area contributed by atoms with Crippen molar-refractivity contribution in [3.8, 4) is 0 Å². The molecule has 0 saturated heterocycles. The van der Waals surface area contributed by atoms with Gasteiger partial charge in [0.05, 0.1) is 0 Å². The van der Waals surface area contributed by atoms with Crippen molar-refractivity contribution in [3.05, 3.63) is 0 Å². The van der Waals surface area contributed by atoms with Crippen molar-refractivity contribution in [3.63, 3.8) is 0 Å². The van der Waals surface area contributed by atoms with Crippen LogP contribution < -0.4 is 0 Å². The maximum absolute atomic E-state index is 10.9. The Kier molecular flexibility index (Phi) is 6.51. The molecule has 0 atom stereocenters. The van der Waals surface area contributed by atoms with E-state index >= 15 is 0 Å². The van der Waals surface area contributed by atoms with Crippen LogP contribution in [0.2, 0.25) is 0 Å². The zero-order valence-corrected chi connectivity index (χ0v) is 10.00. The van der Waals surface area contributed by atoms with Crippen LogP contribution >= 0.6 is 68.1 Å². The third-order valence-corrected chi connectivity index (χ3v) is 3.23. The van der Waals surface area contributed by atoms with Crippen LogP contribution in [0.4, 0.5) is 0 Å². The molecule has 0 aromatic rings. The maximum Gasteiger partial charge on any atom is 0.354 e. The molecule has 0 aliphatic heterocycles. The zero-order chi connectivity index (χ0) is 9.78. The van der Waals surface area contributed by atoms with Crippen LogP contribution in [0.15, 0.2) is 0 Å². The summed E-state index contributed by atoms with van der Waals surface area (Å²) in [6.45, 7) is -0.180. The molecule has 0 amide bonds. The minimum Gasteiger partial charge on any atom is -0.460 e. The first-order valence-electron chi connectivity index (χ1n) is 2.53. The van der Waals surface area contributed by atoms with E-state index in [2.05, 4.69) is 4.74 Å². The van der Waals surface area contributed by atoms with Gasteiger partial charge in [-0.1, -0.05) is 23.2 Å². The molecule has 0 aromatic carbocycles. The number of carbonyl (C=O) groups excluding carboxylic acids is 1. The van der Waals surface area contributed by atoms with E-state index in [0.29, 0.717) is 11.0 Å². The largest absolute Gasteiger partial charge is 0.460 e. The highest BCUT2D eigenvalue weighted by Crippen LogP contribution is 2.38. The van der Waals surface area contributed by atoms with Gasteiger partial charge < -0.3 is 4.74 Å². The van der Waals surface area contributed by atoms with Gasteiger partial charge in [0.15, 0.2) is 0 Å². The first kappa shape index (κ1) is 13.3. The lowest BCUT2D eigenvalue weighted by molar-refractivity contribution is -0.141. The molecule has 0 fully saturated rings. The first-order valence-corrected chi connectivity index (χ1v) is 5.80. The third kappa shape index (κ3) is 5.10. The molecule has 0 heterocycles. The van der Waals surface area contributed by atoms with Gasteiger partial charge in [-0.2, -0.15) is 0 Å². The average Bonchev–Trinajstić information content (AvgIpc) is 2.00. The monoisotopic (exact) mass is 290 g/mol. The van der Waals surface area contributed by atoms with Gasteiger partial charge in [0.2, 0.25) is 0 Å². The van der Waals surface area contributed by atoms with Crippen LogP contribution in [0.25, 0.3) is 0 Å². The lowest BCUT2D eigenvalue weighted by Gasteiger charge is -2.13. The molecule has 2 nitrogen and oxygen atoms in total. The summed E-state index contributed by atoms with van der Waals surface area (Å²) < 4.78 is 2.67. The highest BCUT2D eigenvalue weighted by atomic mass is 35.7. The standard InChI is InChI=1S/C4H3Cl5O2S/c5-2(6)1-11-3(10)4(7,8)12-9/h2H,1H2. The van der Waals surface area contributed by atoms with Crippen LogP contribution in [0.3, 0.4) is 0 Å². The smallest absolute Gasteiger partial charge is 0.354 e. The van der Waals surface area contributed by atoms with Gasteiger partial charge in [-0.05, 0) is 21.7 Å². The summed E-state index contributed by atoms with van der Waals surface area (Å²) in [4.78, 5) is 10.1. The topological polar surface area (TPSA) is 26.3 Å². The number of hydrogen-bond acceptors (Lipinski definition) is 3. The van der Waals surface area contributed by atoms with Crippen LogP contribution in [0, 0.1) is 0 Å². The molecule has 8 heteroatoms. The number of rotatable bonds is 4. The Morgan fingerprint density at radius 1 is 1.50 bits per heavy atom. The SMILES string of the molecule is O=C(OCC(Cl)Cl)C(Cl)(Cl)SCl. The van der Waals surface area contributed by atoms with E-state index in [1.54, 1.807) is 0 Å². The Balaban J connectivity index is 3.88. The Morgan fingerprint density at radius 2 is 2.00 bits per heavy atom. The third-order valence-electron chi connectivity index (χ3n) is 0.675. The van der Waals surface area contributed by atoms with Crippen LogP contribution in [-0.4, -0.2) is 21.1 Å². The number of esters is 1. The van der Waals surface area contributed by atoms with Gasteiger partial charge in [-0.3, -0.25) is 0 Å². The van der Waals surface area contributed by atoms with E-state index in [9.17, 15) is 4.79 Å². The lowest BCUT2D eigenvalue weighted by atomic mass is 10.7. The molecule has 0 aliphatic carbocycles. The minimum absolute atomic E-state index is 0.180. The van der Waals surface area contributed by atoms with Crippen LogP contribution in [-0.2, 0) is 9.53 Å². The maximum atomic E-state index is 10.9. The number of alkyl halides is 4. The highest BCUT2D eigenvalue weighted by Gasteiger charge is 2.36. The summed E-state index contributed by atoms with van der Waals surface area (Å²) in [7, 11) is 5.62. The molecular weight excluding hydrogens is 289 g/mol. The van der Waals surface area contributed by atoms with E-state index in [4.69, 9.17) is 57.1 Å². The number of hydrogen-bond donors (Lipinski definition) is 0. The van der Waals surface area contributed by atoms with Crippen LogP contribution in [0.5, 0.6) is 0 Å². The quantitative estimate of drug-likeness (QED) is 0.587. The number of halogens is 5. The summed E-state index contributed by atoms with van der Waals surface area (Å²) >= 11 is 21.3. The molecule has 12 heavy (non-hydrogen) atoms. The van der Waals surface area contributed by atoms with Crippen molar-refractivity contribution in [1.82, 2.24) is 0 Å². The average molecular weight is 292 g/mol. The van der Waals surface area contributed by atoms with Gasteiger partial charge in [0.25, 0.3) is 3.67 Å². The van der Waals surface area contributed by atoms with Crippen molar-refractivity contribution in [1.29, 1.82) is 0 Å². The normalized spacial score (nSPS) is 11.8. The molecule has 0 spiro atoms. The summed E-state index contributed by atoms with van der Waals surface area (Å²) in [6, 6.07) is 0. The van der Waals surface area contributed by atoms with Gasteiger partial charge >= 0.3 is 5.97 Å². The molecule has 0 rings (SSSR count). The Labute approximate surface area is 98.3 Å². The van der Waals surface area contributed by atoms with E-state index < -0.39 is 14.5 Å². The number of carbonyl (C=O) groups is 1. The minimum atomic E-state index is -1.82. The summed E-state index contributed by atoms with van der Waals surface area (Å²) in [5.74, 6) is -0.892. The Bertz CT molecular complexity index is 162. The van der Waals surface area contributed by atoms with Gasteiger partial charge in [-0.25, -0.2) is 4.79 Å². The van der Waals surface area contributed by atoms with Gasteiger partial charge in [-0.15, -0.1) is 23.2 Å². The van der Waals surface area contributed by atoms with Crippen molar-refractivity contribution in [2.75, 3.05) is 6.61 Å². The lowest BCUT2D eigenvalue weighted by Crippen LogP contribution is -2.25. The second-order valence-electron chi connectivity index (χ2n) is 1.58. The van der Waals surface area contributed by atoms with Crippen molar-refractivity contribution in [2.45, 2.75) is 8.50 Å². The molecule has 72 valence electrons. The van der Waals surface area contributed by atoms with Gasteiger partial charge in [0, 0.05) is 0 Å². The second-order valence-corrected chi connectivity index (χ2v) is 5.87. The molecule has 0 radical (unpaired) electrons. The molecule has 0 N–H and O–H groups in total. The van der Waals surface area contributed by atoms with E-state index in [1.165, 1.54) is 0 Å². The summed E-state index contributed by atoms with van der Waals surface area (Å²) in [5.41, 5.74) is 0. The van der Waals surface area contributed by atoms with Gasteiger partial charge in [0.1, 0.15) is 11.4 Å². The Hall–Kier alpha value is 1.27. The molecule has 0 saturated carbocycles.